The molecule has 6 heteroatoms. The number of H-pyrrole nitrogens is 1. The molecule has 0 aliphatic rings. The van der Waals surface area contributed by atoms with Gasteiger partial charge in [0.05, 0.1) is 5.56 Å². The summed E-state index contributed by atoms with van der Waals surface area (Å²) in [6.45, 7) is 0. The second-order valence-corrected chi connectivity index (χ2v) is 4.43. The molecular weight excluding hydrogens is 266 g/mol. The van der Waals surface area contributed by atoms with Crippen LogP contribution in [0.2, 0.25) is 0 Å². The Hall–Kier alpha value is -3.15. The van der Waals surface area contributed by atoms with Gasteiger partial charge in [-0.2, -0.15) is 0 Å². The summed E-state index contributed by atoms with van der Waals surface area (Å²) in [6.07, 6.45) is 6.64. The Morgan fingerprint density at radius 3 is 2.76 bits per heavy atom. The lowest BCUT2D eigenvalue weighted by Gasteiger charge is -2.08. The van der Waals surface area contributed by atoms with Gasteiger partial charge in [0.25, 0.3) is 5.91 Å². The molecule has 0 aliphatic carbocycles. The molecule has 3 rings (SSSR count). The number of rotatable bonds is 3. The van der Waals surface area contributed by atoms with Crippen molar-refractivity contribution < 1.29 is 4.79 Å². The summed E-state index contributed by atoms with van der Waals surface area (Å²) in [6, 6.07) is 8.90. The number of hydrogen-bond donors (Lipinski definition) is 3. The molecule has 0 aliphatic heterocycles. The number of aromatic nitrogens is 3. The van der Waals surface area contributed by atoms with E-state index >= 15 is 0 Å². The van der Waals surface area contributed by atoms with Crippen LogP contribution >= 0.6 is 0 Å². The Labute approximate surface area is 121 Å². The molecule has 3 aromatic rings. The molecule has 0 saturated carbocycles. The van der Waals surface area contributed by atoms with Gasteiger partial charge in [0.15, 0.2) is 0 Å². The highest BCUT2D eigenvalue weighted by Crippen LogP contribution is 2.21. The van der Waals surface area contributed by atoms with Gasteiger partial charge in [-0.15, -0.1) is 0 Å². The molecule has 6 nitrogen and oxygen atoms in total. The van der Waals surface area contributed by atoms with Crippen molar-refractivity contribution in [1.82, 2.24) is 15.0 Å². The summed E-state index contributed by atoms with van der Waals surface area (Å²) in [5, 5.41) is 2.76. The van der Waals surface area contributed by atoms with Crippen LogP contribution in [-0.4, -0.2) is 20.9 Å². The number of aromatic amines is 1. The molecule has 0 atom stereocenters. The fourth-order valence-electron chi connectivity index (χ4n) is 1.95. The first-order chi connectivity index (χ1) is 10.2. The third-order valence-electron chi connectivity index (χ3n) is 3.01. The lowest BCUT2D eigenvalue weighted by Crippen LogP contribution is -2.15. The highest BCUT2D eigenvalue weighted by atomic mass is 16.1. The summed E-state index contributed by atoms with van der Waals surface area (Å²) < 4.78 is 0. The van der Waals surface area contributed by atoms with Crippen molar-refractivity contribution in [2.45, 2.75) is 0 Å². The summed E-state index contributed by atoms with van der Waals surface area (Å²) in [5.74, 6) is -0.114. The Balaban J connectivity index is 1.91. The molecule has 3 aromatic heterocycles. The van der Waals surface area contributed by atoms with Gasteiger partial charge in [-0.05, 0) is 30.3 Å². The topological polar surface area (TPSA) is 96.7 Å². The van der Waals surface area contributed by atoms with Gasteiger partial charge >= 0.3 is 0 Å². The van der Waals surface area contributed by atoms with Gasteiger partial charge in [-0.3, -0.25) is 9.78 Å². The van der Waals surface area contributed by atoms with Crippen LogP contribution in [0, 0.1) is 0 Å². The molecule has 0 saturated heterocycles. The molecule has 21 heavy (non-hydrogen) atoms. The third-order valence-corrected chi connectivity index (χ3v) is 3.01. The molecule has 0 radical (unpaired) electrons. The Bertz CT molecular complexity index is 753. The number of carbonyl (C=O) groups excluding carboxylic acids is 1. The van der Waals surface area contributed by atoms with Crippen molar-refractivity contribution in [2.24, 2.45) is 0 Å². The van der Waals surface area contributed by atoms with E-state index in [0.29, 0.717) is 11.3 Å². The number of nitrogens with one attached hydrogen (secondary N) is 2. The maximum atomic E-state index is 12.3. The monoisotopic (exact) mass is 279 g/mol. The van der Waals surface area contributed by atoms with Crippen molar-refractivity contribution in [3.05, 3.63) is 60.7 Å². The largest absolute Gasteiger partial charge is 0.383 e. The molecule has 4 N–H and O–H groups in total. The van der Waals surface area contributed by atoms with Crippen LogP contribution in [0.4, 0.5) is 11.5 Å². The van der Waals surface area contributed by atoms with Crippen molar-refractivity contribution in [1.29, 1.82) is 0 Å². The van der Waals surface area contributed by atoms with Crippen molar-refractivity contribution >= 4 is 17.4 Å². The van der Waals surface area contributed by atoms with Crippen LogP contribution in [0.5, 0.6) is 0 Å². The Morgan fingerprint density at radius 2 is 2.05 bits per heavy atom. The zero-order valence-electron chi connectivity index (χ0n) is 11.1. The van der Waals surface area contributed by atoms with E-state index in [4.69, 9.17) is 5.73 Å². The SMILES string of the molecule is Nc1ncc(-c2ccc[nH]2)cc1C(=O)Nc1ccncc1. The average Bonchev–Trinajstić information content (AvgIpc) is 3.03. The molecule has 0 fully saturated rings. The highest BCUT2D eigenvalue weighted by Gasteiger charge is 2.13. The fraction of sp³-hybridized carbons (Fsp3) is 0. The van der Waals surface area contributed by atoms with Crippen molar-refractivity contribution in [2.75, 3.05) is 11.1 Å². The number of pyridine rings is 2. The minimum absolute atomic E-state index is 0.192. The molecule has 104 valence electrons. The smallest absolute Gasteiger partial charge is 0.259 e. The third kappa shape index (κ3) is 2.74. The lowest BCUT2D eigenvalue weighted by atomic mass is 10.1. The summed E-state index contributed by atoms with van der Waals surface area (Å²) in [4.78, 5) is 23.3. The molecule has 0 bridgehead atoms. The molecule has 1 amide bonds. The summed E-state index contributed by atoms with van der Waals surface area (Å²) >= 11 is 0. The van der Waals surface area contributed by atoms with Crippen LogP contribution in [0.3, 0.4) is 0 Å². The quantitative estimate of drug-likeness (QED) is 0.685. The lowest BCUT2D eigenvalue weighted by molar-refractivity contribution is 0.102. The first-order valence-electron chi connectivity index (χ1n) is 6.35. The van der Waals surface area contributed by atoms with Crippen LogP contribution in [0.1, 0.15) is 10.4 Å². The van der Waals surface area contributed by atoms with Crippen molar-refractivity contribution in [3.8, 4) is 11.3 Å². The van der Waals surface area contributed by atoms with E-state index < -0.39 is 0 Å². The van der Waals surface area contributed by atoms with E-state index in [-0.39, 0.29) is 11.7 Å². The number of nitrogen functional groups attached to an aromatic ring is 1. The second kappa shape index (κ2) is 5.46. The summed E-state index contributed by atoms with van der Waals surface area (Å²) in [7, 11) is 0. The predicted octanol–water partition coefficient (Wildman–Crippen LogP) is 2.31. The molecule has 0 aromatic carbocycles. The minimum Gasteiger partial charge on any atom is -0.383 e. The minimum atomic E-state index is -0.306. The first-order valence-corrected chi connectivity index (χ1v) is 6.35. The number of nitrogens with two attached hydrogens (primary N) is 1. The van der Waals surface area contributed by atoms with Gasteiger partial charge < -0.3 is 16.0 Å². The maximum Gasteiger partial charge on any atom is 0.259 e. The standard InChI is InChI=1S/C15H13N5O/c16-14-12(15(21)20-11-3-6-17-7-4-11)8-10(9-19-14)13-2-1-5-18-13/h1-9,18H,(H2,16,19)(H,17,20,21). The molecule has 0 spiro atoms. The second-order valence-electron chi connectivity index (χ2n) is 4.43. The van der Waals surface area contributed by atoms with Crippen LogP contribution in [-0.2, 0) is 0 Å². The van der Waals surface area contributed by atoms with E-state index in [0.717, 1.165) is 11.3 Å². The first kappa shape index (κ1) is 12.9. The number of hydrogen-bond acceptors (Lipinski definition) is 4. The van der Waals surface area contributed by atoms with Crippen molar-refractivity contribution in [3.63, 3.8) is 0 Å². The van der Waals surface area contributed by atoms with Gasteiger partial charge in [0, 0.05) is 41.7 Å². The molecule has 3 heterocycles. The predicted molar refractivity (Wildman–Crippen MR) is 80.6 cm³/mol. The van der Waals surface area contributed by atoms with Gasteiger partial charge in [-0.25, -0.2) is 4.98 Å². The van der Waals surface area contributed by atoms with Crippen LogP contribution < -0.4 is 11.1 Å². The maximum absolute atomic E-state index is 12.3. The van der Waals surface area contributed by atoms with Crippen LogP contribution in [0.25, 0.3) is 11.3 Å². The fourth-order valence-corrected chi connectivity index (χ4v) is 1.95. The number of carbonyl (C=O) groups is 1. The zero-order chi connectivity index (χ0) is 14.7. The zero-order valence-corrected chi connectivity index (χ0v) is 11.1. The van der Waals surface area contributed by atoms with Gasteiger partial charge in [0.2, 0.25) is 0 Å². The van der Waals surface area contributed by atoms with E-state index in [2.05, 4.69) is 20.3 Å². The van der Waals surface area contributed by atoms with E-state index in [1.54, 1.807) is 36.8 Å². The van der Waals surface area contributed by atoms with Gasteiger partial charge in [-0.1, -0.05) is 0 Å². The average molecular weight is 279 g/mol. The highest BCUT2D eigenvalue weighted by molar-refractivity contribution is 6.07. The Kier molecular flexibility index (Phi) is 3.34. The molecule has 0 unspecified atom stereocenters. The normalized spacial score (nSPS) is 10.3. The number of nitrogens with zero attached hydrogens (tertiary/aromatic N) is 2. The van der Waals surface area contributed by atoms with E-state index in [9.17, 15) is 4.79 Å². The van der Waals surface area contributed by atoms with E-state index in [1.807, 2.05) is 18.3 Å². The van der Waals surface area contributed by atoms with Gasteiger partial charge in [0.1, 0.15) is 5.82 Å². The summed E-state index contributed by atoms with van der Waals surface area (Å²) in [5.41, 5.74) is 8.46. The van der Waals surface area contributed by atoms with Crippen LogP contribution in [0.15, 0.2) is 55.1 Å². The molecular formula is C15H13N5O. The number of anilines is 2. The van der Waals surface area contributed by atoms with E-state index in [1.165, 1.54) is 0 Å². The number of amides is 1. The Morgan fingerprint density at radius 1 is 1.24 bits per heavy atom.